The van der Waals surface area contributed by atoms with Gasteiger partial charge in [0.15, 0.2) is 11.2 Å². The summed E-state index contributed by atoms with van der Waals surface area (Å²) in [5.41, 5.74) is -2.42. The Bertz CT molecular complexity index is 1350. The molecule has 144 valence electrons. The summed E-state index contributed by atoms with van der Waals surface area (Å²) in [6.45, 7) is 0. The molecule has 11 heteroatoms. The fourth-order valence-electron chi connectivity index (χ4n) is 2.77. The normalized spacial score (nSPS) is 10.9. The molecule has 0 saturated heterocycles. The molecular formula is C18H8N2O9. The van der Waals surface area contributed by atoms with Crippen molar-refractivity contribution in [3.05, 3.63) is 84.9 Å². The van der Waals surface area contributed by atoms with Crippen molar-refractivity contribution in [2.45, 2.75) is 0 Å². The molecule has 0 atom stereocenters. The number of nitrogens with zero attached hydrogens (tertiary/aromatic N) is 2. The smallest absolute Gasteiger partial charge is 0.344 e. The first-order valence-corrected chi connectivity index (χ1v) is 7.93. The summed E-state index contributed by atoms with van der Waals surface area (Å²) in [6.07, 6.45) is 1.33. The monoisotopic (exact) mass is 396 g/mol. The van der Waals surface area contributed by atoms with Crippen LogP contribution in [0.2, 0.25) is 0 Å². The topological polar surface area (TPSA) is 156 Å². The Labute approximate surface area is 159 Å². The van der Waals surface area contributed by atoms with Crippen molar-refractivity contribution in [1.82, 2.24) is 0 Å². The largest absolute Gasteiger partial charge is 0.460 e. The van der Waals surface area contributed by atoms with Gasteiger partial charge >= 0.3 is 11.6 Å². The third-order valence-electron chi connectivity index (χ3n) is 4.04. The van der Waals surface area contributed by atoms with Crippen molar-refractivity contribution in [2.24, 2.45) is 0 Å². The summed E-state index contributed by atoms with van der Waals surface area (Å²) in [5.74, 6) is -1.35. The van der Waals surface area contributed by atoms with E-state index in [4.69, 9.17) is 13.6 Å². The molecule has 0 spiro atoms. The van der Waals surface area contributed by atoms with Gasteiger partial charge < -0.3 is 13.6 Å². The van der Waals surface area contributed by atoms with Crippen LogP contribution in [-0.2, 0) is 0 Å². The molecule has 0 fully saturated rings. The fourth-order valence-corrected chi connectivity index (χ4v) is 2.77. The van der Waals surface area contributed by atoms with Crippen LogP contribution in [0.3, 0.4) is 0 Å². The van der Waals surface area contributed by atoms with Gasteiger partial charge in [-0.15, -0.1) is 0 Å². The predicted molar refractivity (Wildman–Crippen MR) is 97.0 cm³/mol. The standard InChI is InChI=1S/C18H8N2O9/c21-14-2-1-9-5-10-3-4-27-15(10)17(16(9)28-14)29-18(22)11-6-12(19(23)24)8-13(7-11)20(25)26/h1-8H. The minimum Gasteiger partial charge on any atom is -0.460 e. The van der Waals surface area contributed by atoms with Crippen molar-refractivity contribution >= 4 is 39.3 Å². The highest BCUT2D eigenvalue weighted by molar-refractivity contribution is 6.03. The van der Waals surface area contributed by atoms with E-state index in [1.54, 1.807) is 12.1 Å². The molecule has 0 amide bonds. The number of non-ortho nitro benzene ring substituents is 2. The summed E-state index contributed by atoms with van der Waals surface area (Å²) in [6, 6.07) is 8.29. The maximum atomic E-state index is 12.6. The molecule has 0 aliphatic carbocycles. The zero-order valence-electron chi connectivity index (χ0n) is 14.2. The van der Waals surface area contributed by atoms with Crippen LogP contribution in [0.1, 0.15) is 10.4 Å². The Kier molecular flexibility index (Phi) is 4.04. The molecule has 0 aliphatic heterocycles. The number of nitro groups is 2. The van der Waals surface area contributed by atoms with Crippen LogP contribution in [0.25, 0.3) is 21.9 Å². The van der Waals surface area contributed by atoms with E-state index in [9.17, 15) is 29.8 Å². The van der Waals surface area contributed by atoms with Crippen molar-refractivity contribution in [1.29, 1.82) is 0 Å². The molecule has 0 bridgehead atoms. The lowest BCUT2D eigenvalue weighted by atomic mass is 10.1. The van der Waals surface area contributed by atoms with Gasteiger partial charge in [-0.05, 0) is 18.2 Å². The number of hydrogen-bond donors (Lipinski definition) is 0. The number of carbonyl (C=O) groups excluding carboxylic acids is 1. The summed E-state index contributed by atoms with van der Waals surface area (Å²) in [7, 11) is 0. The summed E-state index contributed by atoms with van der Waals surface area (Å²) >= 11 is 0. The van der Waals surface area contributed by atoms with Gasteiger partial charge in [0.1, 0.15) is 0 Å². The Balaban J connectivity index is 1.86. The molecule has 4 aromatic rings. The van der Waals surface area contributed by atoms with Crippen LogP contribution in [0.15, 0.2) is 62.4 Å². The second-order valence-electron chi connectivity index (χ2n) is 5.86. The lowest BCUT2D eigenvalue weighted by Crippen LogP contribution is -2.10. The molecule has 2 heterocycles. The van der Waals surface area contributed by atoms with E-state index in [2.05, 4.69) is 0 Å². The average Bonchev–Trinajstić information content (AvgIpc) is 3.16. The molecule has 0 radical (unpaired) electrons. The van der Waals surface area contributed by atoms with Crippen molar-refractivity contribution in [3.8, 4) is 5.75 Å². The number of carbonyl (C=O) groups is 1. The summed E-state index contributed by atoms with van der Waals surface area (Å²) < 4.78 is 15.7. The predicted octanol–water partition coefficient (Wildman–Crippen LogP) is 3.57. The van der Waals surface area contributed by atoms with Gasteiger partial charge in [-0.25, -0.2) is 9.59 Å². The van der Waals surface area contributed by atoms with Crippen LogP contribution >= 0.6 is 0 Å². The van der Waals surface area contributed by atoms with Crippen molar-refractivity contribution < 1.29 is 28.2 Å². The molecule has 4 rings (SSSR count). The van der Waals surface area contributed by atoms with Crippen LogP contribution in [0.5, 0.6) is 5.75 Å². The maximum absolute atomic E-state index is 12.6. The third-order valence-corrected chi connectivity index (χ3v) is 4.04. The lowest BCUT2D eigenvalue weighted by molar-refractivity contribution is -0.394. The van der Waals surface area contributed by atoms with E-state index in [0.717, 1.165) is 18.2 Å². The van der Waals surface area contributed by atoms with E-state index in [1.165, 1.54) is 18.4 Å². The SMILES string of the molecule is O=C(Oc1c2occc2cc2ccc(=O)oc12)c1cc([N+](=O)[O-])cc([N+](=O)[O-])c1. The molecule has 29 heavy (non-hydrogen) atoms. The number of hydrogen-bond acceptors (Lipinski definition) is 9. The molecule has 0 N–H and O–H groups in total. The van der Waals surface area contributed by atoms with Gasteiger partial charge in [-0.3, -0.25) is 20.2 Å². The van der Waals surface area contributed by atoms with Crippen LogP contribution in [0.4, 0.5) is 11.4 Å². The van der Waals surface area contributed by atoms with Crippen LogP contribution in [0, 0.1) is 20.2 Å². The maximum Gasteiger partial charge on any atom is 0.344 e. The van der Waals surface area contributed by atoms with Gasteiger partial charge in [-0.1, -0.05) is 0 Å². The number of fused-ring (bicyclic) bond motifs is 2. The first-order valence-electron chi connectivity index (χ1n) is 7.93. The lowest BCUT2D eigenvalue weighted by Gasteiger charge is -2.07. The number of ether oxygens (including phenoxy) is 1. The molecule has 11 nitrogen and oxygen atoms in total. The van der Waals surface area contributed by atoms with E-state index in [0.29, 0.717) is 10.8 Å². The van der Waals surface area contributed by atoms with E-state index < -0.39 is 38.4 Å². The van der Waals surface area contributed by atoms with Crippen LogP contribution < -0.4 is 10.4 Å². The minimum absolute atomic E-state index is 0.0757. The summed E-state index contributed by atoms with van der Waals surface area (Å²) in [5, 5.41) is 23.0. The average molecular weight is 396 g/mol. The second-order valence-corrected chi connectivity index (χ2v) is 5.86. The fraction of sp³-hybridized carbons (Fsp3) is 0. The molecule has 0 unspecified atom stereocenters. The minimum atomic E-state index is -1.13. The molecule has 0 saturated carbocycles. The van der Waals surface area contributed by atoms with Gasteiger partial charge in [0.25, 0.3) is 11.4 Å². The molecule has 0 aliphatic rings. The van der Waals surface area contributed by atoms with Gasteiger partial charge in [-0.2, -0.15) is 0 Å². The molecule has 2 aromatic carbocycles. The first-order chi connectivity index (χ1) is 13.8. The van der Waals surface area contributed by atoms with E-state index in [1.807, 2.05) is 0 Å². The molecular weight excluding hydrogens is 388 g/mol. The number of furan rings is 1. The highest BCUT2D eigenvalue weighted by Crippen LogP contribution is 2.35. The highest BCUT2D eigenvalue weighted by Gasteiger charge is 2.24. The molecule has 2 aromatic heterocycles. The van der Waals surface area contributed by atoms with Crippen molar-refractivity contribution in [3.63, 3.8) is 0 Å². The van der Waals surface area contributed by atoms with E-state index in [-0.39, 0.29) is 16.9 Å². The zero-order valence-corrected chi connectivity index (χ0v) is 14.2. The Morgan fingerprint density at radius 1 is 0.897 bits per heavy atom. The Morgan fingerprint density at radius 3 is 2.21 bits per heavy atom. The first kappa shape index (κ1) is 17.9. The van der Waals surface area contributed by atoms with Gasteiger partial charge in [0.05, 0.1) is 27.7 Å². The van der Waals surface area contributed by atoms with Crippen molar-refractivity contribution in [2.75, 3.05) is 0 Å². The van der Waals surface area contributed by atoms with E-state index >= 15 is 0 Å². The summed E-state index contributed by atoms with van der Waals surface area (Å²) in [4.78, 5) is 44.6. The quantitative estimate of drug-likeness (QED) is 0.165. The third kappa shape index (κ3) is 3.16. The number of esters is 1. The number of rotatable bonds is 4. The second kappa shape index (κ2) is 6.56. The Morgan fingerprint density at radius 2 is 1.55 bits per heavy atom. The Hall–Kier alpha value is -4.54. The van der Waals surface area contributed by atoms with Crippen LogP contribution in [-0.4, -0.2) is 15.8 Å². The zero-order chi connectivity index (χ0) is 20.7. The van der Waals surface area contributed by atoms with Gasteiger partial charge in [0, 0.05) is 29.0 Å². The highest BCUT2D eigenvalue weighted by atomic mass is 16.6. The number of nitro benzene ring substituents is 2. The number of benzene rings is 2. The van der Waals surface area contributed by atoms with Gasteiger partial charge in [0.2, 0.25) is 5.75 Å².